The zero-order chi connectivity index (χ0) is 95.0. The van der Waals surface area contributed by atoms with E-state index in [1.807, 2.05) is 6.92 Å². The molecule has 68 heavy (non-hydrogen) atoms. The van der Waals surface area contributed by atoms with Gasteiger partial charge in [-0.1, -0.05) is 225 Å². The first-order chi connectivity index (χ1) is 48.5. The van der Waals surface area contributed by atoms with Crippen molar-refractivity contribution < 1.29 is 90.8 Å². The van der Waals surface area contributed by atoms with E-state index >= 15 is 0 Å². The maximum Gasteiger partial charge on any atom is 0.394 e. The third-order valence-corrected chi connectivity index (χ3v) is 13.9. The highest BCUT2D eigenvalue weighted by molar-refractivity contribution is 6.78. The molecule has 0 aromatic carbocycles. The lowest BCUT2D eigenvalue weighted by atomic mass is 9.72. The van der Waals surface area contributed by atoms with Gasteiger partial charge in [0, 0.05) is 80.6 Å². The Bertz CT molecular complexity index is 2920. The molecule has 0 aliphatic heterocycles. The van der Waals surface area contributed by atoms with Gasteiger partial charge < -0.3 is 0 Å². The van der Waals surface area contributed by atoms with Crippen LogP contribution in [0.4, 0.5) is 26.3 Å². The molecule has 0 aromatic rings. The van der Waals surface area contributed by atoms with Crippen LogP contribution >= 0.6 is 0 Å². The Kier molecular flexibility index (Phi) is 11.4. The Morgan fingerprint density at radius 1 is 0.500 bits per heavy atom. The van der Waals surface area contributed by atoms with Gasteiger partial charge in [0.1, 0.15) is 0 Å². The Labute approximate surface area is 491 Å². The van der Waals surface area contributed by atoms with Crippen molar-refractivity contribution in [2.75, 3.05) is 0 Å². The summed E-state index contributed by atoms with van der Waals surface area (Å²) in [5.74, 6) is -18.5. The lowest BCUT2D eigenvalue weighted by Crippen LogP contribution is -2.38. The molecular weight excluding hydrogens is 891 g/mol. The minimum atomic E-state index is -5.56. The summed E-state index contributed by atoms with van der Waals surface area (Å²) < 4.78 is 433. The van der Waals surface area contributed by atoms with Gasteiger partial charge in [-0.15, -0.1) is 0 Å². The van der Waals surface area contributed by atoms with Crippen LogP contribution in [0.15, 0.2) is 0 Å². The number of hydrogen-bond donors (Lipinski definition) is 0. The molecule has 0 nitrogen and oxygen atoms in total. The highest BCUT2D eigenvalue weighted by Crippen LogP contribution is 2.51. The van der Waals surface area contributed by atoms with Crippen LogP contribution < -0.4 is 0 Å². The topological polar surface area (TPSA) is 0 Å². The molecule has 6 fully saturated rings. The quantitative estimate of drug-likeness (QED) is 0.195. The molecule has 0 radical (unpaired) electrons. The molecule has 8 heteroatoms. The molecule has 0 heterocycles. The molecule has 2 unspecified atom stereocenters. The summed E-state index contributed by atoms with van der Waals surface area (Å²) >= 11 is 0. The maximum atomic E-state index is 13.4. The van der Waals surface area contributed by atoms with Crippen LogP contribution in [0.5, 0.6) is 0 Å². The first-order valence-corrected chi connectivity index (χ1v) is 28.7. The molecule has 0 spiro atoms. The van der Waals surface area contributed by atoms with Gasteiger partial charge in [-0.3, -0.25) is 0 Å². The van der Waals surface area contributed by atoms with Gasteiger partial charge in [-0.05, 0) is 135 Å². The predicted molar refractivity (Wildman–Crippen MR) is 298 cm³/mol. The third kappa shape index (κ3) is 33.7. The summed E-state index contributed by atoms with van der Waals surface area (Å²) in [5, 5.41) is 0. The standard InChI is InChI=1S/2C9H15F3.2C9H18.C7H18Si.C7H14.C6H12.C4H12Si/c2*1-7-3-5-8(2,6-4-7)9(10,11)12;2*1-8-4-6-9(2,3)7-5-8;1-5-8(4,6-2)7-3;1-6-3-4-7(2)5-6;1-6-4-2-3-5-6;1-5(2,3)4/h2*7H,3-6H2,1-2H3;2*8H,4-7H2,1-3H3;5-7H2,1-4H3;6-7H,3-5H2,1-2H3;6H,2-5H2,1H3;1-4H3/i3D2,4D2,5D2,6D2,7D;7D;2D3,4D2,5D2,6D2,7D2,8D;8D;1D3,5D2,6D2,7D2;3D2,4D2,5D2,6D,7D;6D;1D3,2D3. The summed E-state index contributed by atoms with van der Waals surface area (Å²) in [6.45, 7) is 10.9. The van der Waals surface area contributed by atoms with E-state index < -0.39 is 189 Å². The molecule has 0 amide bonds. The van der Waals surface area contributed by atoms with E-state index in [9.17, 15) is 26.3 Å². The average Bonchev–Trinajstić information content (AvgIpc) is 1.47. The van der Waals surface area contributed by atoms with Crippen molar-refractivity contribution in [1.29, 1.82) is 0 Å². The van der Waals surface area contributed by atoms with Crippen molar-refractivity contribution in [3.05, 3.63) is 0 Å². The smallest absolute Gasteiger partial charge is 0.171 e. The molecule has 0 N–H and O–H groups in total. The summed E-state index contributed by atoms with van der Waals surface area (Å²) in [6.07, 6.45) is -35.3. The van der Waals surface area contributed by atoms with Crippen molar-refractivity contribution >= 4 is 16.1 Å². The molecule has 412 valence electrons. The minimum Gasteiger partial charge on any atom is -0.171 e. The van der Waals surface area contributed by atoms with E-state index in [1.165, 1.54) is 45.7 Å². The summed E-state index contributed by atoms with van der Waals surface area (Å²) in [4.78, 5) is 0. The second-order valence-corrected chi connectivity index (χ2v) is 27.0. The van der Waals surface area contributed by atoms with Crippen LogP contribution in [0.2, 0.25) is 50.6 Å². The van der Waals surface area contributed by atoms with Crippen molar-refractivity contribution in [1.82, 2.24) is 0 Å². The van der Waals surface area contributed by atoms with Gasteiger partial charge in [0.2, 0.25) is 0 Å². The van der Waals surface area contributed by atoms with Crippen LogP contribution in [-0.4, -0.2) is 28.5 Å². The molecule has 0 bridgehead atoms. The molecule has 0 aromatic heterocycles. The maximum absolute atomic E-state index is 13.4. The van der Waals surface area contributed by atoms with Gasteiger partial charge in [0.15, 0.2) is 0 Å². The summed E-state index contributed by atoms with van der Waals surface area (Å²) in [5.41, 5.74) is -7.98. The number of hydrogen-bond acceptors (Lipinski definition) is 0. The number of rotatable bonds is 3. The lowest BCUT2D eigenvalue weighted by Gasteiger charge is -2.37. The van der Waals surface area contributed by atoms with Crippen LogP contribution in [0.25, 0.3) is 0 Å². The largest absolute Gasteiger partial charge is 0.394 e. The molecule has 6 saturated carbocycles. The number of halogens is 6. The van der Waals surface area contributed by atoms with Crippen molar-refractivity contribution in [3.63, 3.8) is 0 Å². The van der Waals surface area contributed by atoms with Gasteiger partial charge >= 0.3 is 12.4 Å². The van der Waals surface area contributed by atoms with E-state index in [0.29, 0.717) is 32.1 Å². The van der Waals surface area contributed by atoms with Crippen molar-refractivity contribution in [3.8, 4) is 0 Å². The summed E-state index contributed by atoms with van der Waals surface area (Å²) in [6, 6.07) is 0. The normalized spacial score (nSPS) is 58.1. The van der Waals surface area contributed by atoms with Crippen molar-refractivity contribution in [2.45, 2.75) is 321 Å². The zero-order valence-electron chi connectivity index (χ0n) is 91.3. The highest BCUT2D eigenvalue weighted by atomic mass is 28.3. The second kappa shape index (κ2) is 32.3. The Morgan fingerprint density at radius 2 is 0.868 bits per heavy atom. The molecule has 0 saturated heterocycles. The molecule has 6 aliphatic carbocycles. The molecular formula is C60H122F6Si2. The van der Waals surface area contributed by atoms with Gasteiger partial charge in [-0.25, -0.2) is 0 Å². The van der Waals surface area contributed by atoms with E-state index in [-0.39, 0.29) is 31.6 Å². The number of alkyl halides is 6. The molecule has 2 atom stereocenters. The van der Waals surface area contributed by atoms with Crippen molar-refractivity contribution in [2.24, 2.45) is 62.9 Å². The van der Waals surface area contributed by atoms with Crippen LogP contribution in [-0.2, 0) is 0 Å². The first-order valence-electron chi connectivity index (χ1n) is 46.7. The SMILES string of the molecule is [2H]C([2H])([2H])C([2H])([2H])[Si](C)(C([2H])([2H])C)C([2H])([2H])C.[2H]C([2H])([2H])C1(C)C([2H])([2H])C([2H])([2H])C([2H])(C)C([2H])([2H])C1([2H])[2H].[2H]C([2H])([2H])[Si](C)(C)C([2H])([2H])[2H].[2H]C1(C)CCC(C)(C(F)(F)F)CC1.[2H]C1(C)CCC(C)(C)CC1.[2H]C1(C)CCCC1.[2H]C1([2H])C([2H])([2H])C(C)(C(F)(F)F)C([2H])([2H])C([2H])([2H])C1([2H])C.[2H]C1([2H])C([2H])([2H])C([2H])(C)C([2H])([2H])C1([2H])C. The average molecular weight is 1060 g/mol. The monoisotopic (exact) mass is 1060 g/mol. The van der Waals surface area contributed by atoms with E-state index in [4.69, 9.17) is 64.4 Å². The van der Waals surface area contributed by atoms with E-state index in [1.54, 1.807) is 6.92 Å². The van der Waals surface area contributed by atoms with Crippen LogP contribution in [0, 0.1) is 62.9 Å². The van der Waals surface area contributed by atoms with E-state index in [2.05, 4.69) is 20.8 Å². The molecule has 6 aliphatic rings. The molecule has 6 rings (SSSR count). The fourth-order valence-corrected chi connectivity index (χ4v) is 6.27. The van der Waals surface area contributed by atoms with Gasteiger partial charge in [0.25, 0.3) is 0 Å². The van der Waals surface area contributed by atoms with Crippen LogP contribution in [0.1, 0.15) is 322 Å². The Morgan fingerprint density at radius 3 is 1.10 bits per heavy atom. The fraction of sp³-hybridized carbons (Fsp3) is 1.00. The highest BCUT2D eigenvalue weighted by Gasteiger charge is 2.52. The van der Waals surface area contributed by atoms with Gasteiger partial charge in [-0.2, -0.15) is 26.3 Å². The first kappa shape index (κ1) is 23.9. The minimum absolute atomic E-state index is 0.0556. The Balaban J connectivity index is 0. The lowest BCUT2D eigenvalue weighted by molar-refractivity contribution is -0.230. The second-order valence-electron chi connectivity index (χ2n) is 20.3. The van der Waals surface area contributed by atoms with Gasteiger partial charge in [0.05, 0.1) is 10.8 Å². The van der Waals surface area contributed by atoms with Crippen LogP contribution in [0.3, 0.4) is 0 Å². The third-order valence-electron chi connectivity index (χ3n) is 11.4. The zero-order valence-corrected chi connectivity index (χ0v) is 46.3. The summed E-state index contributed by atoms with van der Waals surface area (Å²) in [7, 11) is -7.18. The Hall–Kier alpha value is 0.0138. The predicted octanol–water partition coefficient (Wildman–Crippen LogP) is 23.7. The fourth-order valence-electron chi connectivity index (χ4n) is 5.77. The van der Waals surface area contributed by atoms with E-state index in [0.717, 1.165) is 66.8 Å².